The lowest BCUT2D eigenvalue weighted by Crippen LogP contribution is -2.21. The summed E-state index contributed by atoms with van der Waals surface area (Å²) in [5, 5.41) is 1.33. The van der Waals surface area contributed by atoms with Crippen molar-refractivity contribution in [3.05, 3.63) is 70.9 Å². The Morgan fingerprint density at radius 3 is 2.45 bits per heavy atom. The number of aryl methyl sites for hydroxylation is 2. The summed E-state index contributed by atoms with van der Waals surface area (Å²) in [5.74, 6) is 0. The Kier molecular flexibility index (Phi) is 4.04. The summed E-state index contributed by atoms with van der Waals surface area (Å²) in [6, 6.07) is 15.5. The van der Waals surface area contributed by atoms with E-state index in [4.69, 9.17) is 0 Å². The van der Waals surface area contributed by atoms with Gasteiger partial charge in [-0.1, -0.05) is 49.4 Å². The molecule has 1 aromatic heterocycles. The second kappa shape index (κ2) is 5.98. The molecule has 1 N–H and O–H groups in total. The van der Waals surface area contributed by atoms with Gasteiger partial charge in [-0.15, -0.1) is 0 Å². The van der Waals surface area contributed by atoms with Crippen molar-refractivity contribution in [2.24, 2.45) is 0 Å². The molecule has 1 heterocycles. The number of hydrogen-bond acceptors (Lipinski definition) is 1. The van der Waals surface area contributed by atoms with Crippen molar-refractivity contribution < 1.29 is 0 Å². The van der Waals surface area contributed by atoms with Gasteiger partial charge in [0.1, 0.15) is 0 Å². The predicted octanol–water partition coefficient (Wildman–Crippen LogP) is 4.69. The zero-order chi connectivity index (χ0) is 15.7. The lowest BCUT2D eigenvalue weighted by Gasteiger charge is -2.26. The molecule has 2 aromatic carbocycles. The second-order valence-electron chi connectivity index (χ2n) is 6.16. The molecule has 1 atom stereocenters. The summed E-state index contributed by atoms with van der Waals surface area (Å²) in [5.41, 5.74) is 6.72. The molecule has 0 aliphatic rings. The van der Waals surface area contributed by atoms with Gasteiger partial charge in [-0.05, 0) is 49.7 Å². The summed E-state index contributed by atoms with van der Waals surface area (Å²) >= 11 is 0. The predicted molar refractivity (Wildman–Crippen MR) is 94.4 cm³/mol. The molecule has 0 fully saturated rings. The minimum absolute atomic E-state index is 0.266. The molecule has 3 rings (SSSR count). The van der Waals surface area contributed by atoms with Gasteiger partial charge in [0.25, 0.3) is 0 Å². The smallest absolute Gasteiger partial charge is 0.0620 e. The number of nitrogens with one attached hydrogen (secondary N) is 1. The zero-order valence-corrected chi connectivity index (χ0v) is 13.9. The maximum absolute atomic E-state index is 3.51. The number of rotatable bonds is 4. The summed E-state index contributed by atoms with van der Waals surface area (Å²) in [6.45, 7) is 4.40. The molecular weight excluding hydrogens is 268 g/mol. The Morgan fingerprint density at radius 1 is 1.00 bits per heavy atom. The molecule has 0 amide bonds. The number of aromatic nitrogens is 1. The molecule has 22 heavy (non-hydrogen) atoms. The maximum Gasteiger partial charge on any atom is 0.0620 e. The molecule has 2 heteroatoms. The van der Waals surface area contributed by atoms with Crippen molar-refractivity contribution in [2.45, 2.75) is 26.3 Å². The van der Waals surface area contributed by atoms with Gasteiger partial charge < -0.3 is 4.98 Å². The van der Waals surface area contributed by atoms with E-state index in [9.17, 15) is 0 Å². The molecule has 0 aliphatic carbocycles. The molecule has 0 saturated carbocycles. The van der Waals surface area contributed by atoms with Crippen LogP contribution in [0.15, 0.2) is 48.7 Å². The van der Waals surface area contributed by atoms with Crippen LogP contribution in [-0.4, -0.2) is 24.0 Å². The highest BCUT2D eigenvalue weighted by Crippen LogP contribution is 2.34. The normalized spacial score (nSPS) is 13.0. The van der Waals surface area contributed by atoms with Gasteiger partial charge in [-0.2, -0.15) is 0 Å². The highest BCUT2D eigenvalue weighted by atomic mass is 15.1. The van der Waals surface area contributed by atoms with E-state index in [2.05, 4.69) is 86.5 Å². The second-order valence-corrected chi connectivity index (χ2v) is 6.16. The Bertz CT molecular complexity index is 783. The first-order chi connectivity index (χ1) is 10.6. The summed E-state index contributed by atoms with van der Waals surface area (Å²) in [4.78, 5) is 5.80. The Hall–Kier alpha value is -2.06. The Morgan fingerprint density at radius 2 is 1.77 bits per heavy atom. The Labute approximate surface area is 132 Å². The number of aromatic amines is 1. The van der Waals surface area contributed by atoms with Crippen LogP contribution in [0.2, 0.25) is 0 Å². The zero-order valence-electron chi connectivity index (χ0n) is 13.9. The van der Waals surface area contributed by atoms with Gasteiger partial charge in [0.15, 0.2) is 0 Å². The molecular formula is C20H24N2. The van der Waals surface area contributed by atoms with E-state index in [1.807, 2.05) is 0 Å². The van der Waals surface area contributed by atoms with Crippen LogP contribution in [-0.2, 0) is 6.42 Å². The molecule has 0 bridgehead atoms. The van der Waals surface area contributed by atoms with E-state index in [0.717, 1.165) is 6.42 Å². The average Bonchev–Trinajstić information content (AvgIpc) is 2.93. The van der Waals surface area contributed by atoms with E-state index in [0.29, 0.717) is 0 Å². The van der Waals surface area contributed by atoms with Crippen LogP contribution in [0.25, 0.3) is 10.9 Å². The first-order valence-corrected chi connectivity index (χ1v) is 7.94. The minimum atomic E-state index is 0.266. The van der Waals surface area contributed by atoms with E-state index < -0.39 is 0 Å². The molecule has 0 aliphatic heterocycles. The van der Waals surface area contributed by atoms with Crippen LogP contribution in [0.5, 0.6) is 0 Å². The third-order valence-electron chi connectivity index (χ3n) is 4.51. The van der Waals surface area contributed by atoms with Gasteiger partial charge in [-0.25, -0.2) is 0 Å². The SMILES string of the molecule is CCc1cccc2c(C(c3ccccc3C)N(C)C)c[nH]c12. The molecule has 2 nitrogen and oxygen atoms in total. The number of benzene rings is 2. The monoisotopic (exact) mass is 292 g/mol. The van der Waals surface area contributed by atoms with Crippen LogP contribution in [0.1, 0.15) is 35.2 Å². The van der Waals surface area contributed by atoms with Gasteiger partial charge in [0.2, 0.25) is 0 Å². The van der Waals surface area contributed by atoms with Gasteiger partial charge in [0, 0.05) is 17.1 Å². The minimum Gasteiger partial charge on any atom is -0.361 e. The fourth-order valence-corrected chi connectivity index (χ4v) is 3.38. The molecule has 0 spiro atoms. The topological polar surface area (TPSA) is 19.0 Å². The first-order valence-electron chi connectivity index (χ1n) is 7.94. The van der Waals surface area contributed by atoms with Crippen molar-refractivity contribution >= 4 is 10.9 Å². The lowest BCUT2D eigenvalue weighted by atomic mass is 9.93. The fraction of sp³-hybridized carbons (Fsp3) is 0.300. The van der Waals surface area contributed by atoms with E-state index in [1.165, 1.54) is 33.2 Å². The van der Waals surface area contributed by atoms with Gasteiger partial charge in [0.05, 0.1) is 6.04 Å². The standard InChI is InChI=1S/C20H24N2/c1-5-15-10-8-12-17-18(13-21-19(15)17)20(22(3)4)16-11-7-6-9-14(16)2/h6-13,20-21H,5H2,1-4H3. The third kappa shape index (κ3) is 2.44. The van der Waals surface area contributed by atoms with Gasteiger partial charge in [-0.3, -0.25) is 4.90 Å². The highest BCUT2D eigenvalue weighted by molar-refractivity contribution is 5.87. The number of fused-ring (bicyclic) bond motifs is 1. The molecule has 1 unspecified atom stereocenters. The van der Waals surface area contributed by atoms with Crippen molar-refractivity contribution in [3.8, 4) is 0 Å². The van der Waals surface area contributed by atoms with E-state index in [1.54, 1.807) is 0 Å². The molecule has 0 radical (unpaired) electrons. The molecule has 114 valence electrons. The van der Waals surface area contributed by atoms with E-state index in [-0.39, 0.29) is 6.04 Å². The van der Waals surface area contributed by atoms with Crippen LogP contribution in [0.3, 0.4) is 0 Å². The number of hydrogen-bond donors (Lipinski definition) is 1. The quantitative estimate of drug-likeness (QED) is 0.739. The lowest BCUT2D eigenvalue weighted by molar-refractivity contribution is 0.343. The maximum atomic E-state index is 3.51. The number of H-pyrrole nitrogens is 1. The van der Waals surface area contributed by atoms with Crippen molar-refractivity contribution in [3.63, 3.8) is 0 Å². The van der Waals surface area contributed by atoms with Crippen molar-refractivity contribution in [2.75, 3.05) is 14.1 Å². The summed E-state index contributed by atoms with van der Waals surface area (Å²) in [7, 11) is 4.30. The van der Waals surface area contributed by atoms with Crippen molar-refractivity contribution in [1.29, 1.82) is 0 Å². The summed E-state index contributed by atoms with van der Waals surface area (Å²) in [6.07, 6.45) is 3.23. The largest absolute Gasteiger partial charge is 0.361 e. The van der Waals surface area contributed by atoms with Crippen molar-refractivity contribution in [1.82, 2.24) is 9.88 Å². The van der Waals surface area contributed by atoms with Crippen LogP contribution in [0.4, 0.5) is 0 Å². The fourth-order valence-electron chi connectivity index (χ4n) is 3.38. The van der Waals surface area contributed by atoms with Gasteiger partial charge >= 0.3 is 0 Å². The first kappa shape index (κ1) is 14.9. The number of para-hydroxylation sites is 1. The molecule has 3 aromatic rings. The summed E-state index contributed by atoms with van der Waals surface area (Å²) < 4.78 is 0. The Balaban J connectivity index is 2.21. The third-order valence-corrected chi connectivity index (χ3v) is 4.51. The average molecular weight is 292 g/mol. The molecule has 0 saturated heterocycles. The van der Waals surface area contributed by atoms with Crippen LogP contribution < -0.4 is 0 Å². The van der Waals surface area contributed by atoms with E-state index >= 15 is 0 Å². The highest BCUT2D eigenvalue weighted by Gasteiger charge is 2.21. The van der Waals surface area contributed by atoms with Crippen LogP contribution >= 0.6 is 0 Å². The number of nitrogens with zero attached hydrogens (tertiary/aromatic N) is 1. The van der Waals surface area contributed by atoms with Crippen LogP contribution in [0, 0.1) is 6.92 Å².